The number of ether oxygens (including phenoxy) is 1. The van der Waals surface area contributed by atoms with Gasteiger partial charge in [0.2, 0.25) is 0 Å². The van der Waals surface area contributed by atoms with Crippen LogP contribution in [0.15, 0.2) is 18.2 Å². The fourth-order valence-electron chi connectivity index (χ4n) is 1.47. The lowest BCUT2D eigenvalue weighted by Gasteiger charge is -2.28. The summed E-state index contributed by atoms with van der Waals surface area (Å²) in [5.74, 6) is -0.356. The van der Waals surface area contributed by atoms with Gasteiger partial charge in [-0.3, -0.25) is 10.1 Å². The molecule has 1 aromatic rings. The van der Waals surface area contributed by atoms with Crippen molar-refractivity contribution in [1.29, 1.82) is 0 Å². The SMILES string of the molecule is CC(C)(C)C(CBr)COc1ccc(F)cc1[N+](=O)[O-]. The average molecular weight is 334 g/mol. The monoisotopic (exact) mass is 333 g/mol. The normalized spacial score (nSPS) is 13.1. The molecule has 0 amide bonds. The van der Waals surface area contributed by atoms with Crippen molar-refractivity contribution in [3.63, 3.8) is 0 Å². The van der Waals surface area contributed by atoms with Gasteiger partial charge in [0.15, 0.2) is 5.75 Å². The molecule has 0 radical (unpaired) electrons. The summed E-state index contributed by atoms with van der Waals surface area (Å²) in [6.07, 6.45) is 0. The van der Waals surface area contributed by atoms with E-state index in [9.17, 15) is 14.5 Å². The molecular formula is C13H17BrFNO3. The van der Waals surface area contributed by atoms with E-state index >= 15 is 0 Å². The number of hydrogen-bond donors (Lipinski definition) is 0. The van der Waals surface area contributed by atoms with Gasteiger partial charge in [0, 0.05) is 11.2 Å². The lowest BCUT2D eigenvalue weighted by Crippen LogP contribution is -2.28. The zero-order valence-corrected chi connectivity index (χ0v) is 12.7. The highest BCUT2D eigenvalue weighted by molar-refractivity contribution is 9.09. The van der Waals surface area contributed by atoms with Crippen LogP contribution in [0.5, 0.6) is 5.75 Å². The van der Waals surface area contributed by atoms with E-state index in [1.54, 1.807) is 0 Å². The molecule has 0 saturated carbocycles. The molecule has 0 N–H and O–H groups in total. The highest BCUT2D eigenvalue weighted by Gasteiger charge is 2.25. The molecule has 0 spiro atoms. The van der Waals surface area contributed by atoms with Crippen molar-refractivity contribution in [2.24, 2.45) is 11.3 Å². The Hall–Kier alpha value is -1.17. The smallest absolute Gasteiger partial charge is 0.313 e. The maximum atomic E-state index is 13.0. The minimum absolute atomic E-state index is 0.0122. The third-order valence-electron chi connectivity index (χ3n) is 2.97. The van der Waals surface area contributed by atoms with Crippen LogP contribution in [0, 0.1) is 27.3 Å². The predicted molar refractivity (Wildman–Crippen MR) is 75.3 cm³/mol. The molecular weight excluding hydrogens is 317 g/mol. The molecule has 0 aliphatic heterocycles. The number of rotatable bonds is 5. The van der Waals surface area contributed by atoms with Crippen molar-refractivity contribution in [2.45, 2.75) is 20.8 Å². The lowest BCUT2D eigenvalue weighted by atomic mass is 9.83. The van der Waals surface area contributed by atoms with Gasteiger partial charge in [-0.15, -0.1) is 0 Å². The van der Waals surface area contributed by atoms with E-state index in [0.717, 1.165) is 17.5 Å². The number of nitrogens with zero attached hydrogens (tertiary/aromatic N) is 1. The van der Waals surface area contributed by atoms with Gasteiger partial charge in [-0.25, -0.2) is 4.39 Å². The number of nitro benzene ring substituents is 1. The van der Waals surface area contributed by atoms with Gasteiger partial charge < -0.3 is 4.74 Å². The Bertz CT molecular complexity index is 460. The summed E-state index contributed by atoms with van der Waals surface area (Å²) in [4.78, 5) is 10.2. The summed E-state index contributed by atoms with van der Waals surface area (Å²) in [6, 6.07) is 3.32. The number of halogens is 2. The lowest BCUT2D eigenvalue weighted by molar-refractivity contribution is -0.386. The maximum absolute atomic E-state index is 13.0. The zero-order valence-electron chi connectivity index (χ0n) is 11.2. The van der Waals surface area contributed by atoms with Gasteiger partial charge in [-0.2, -0.15) is 0 Å². The van der Waals surface area contributed by atoms with Crippen LogP contribution in [-0.4, -0.2) is 16.9 Å². The Labute approximate surface area is 120 Å². The molecule has 19 heavy (non-hydrogen) atoms. The Kier molecular flexibility index (Phi) is 5.29. The van der Waals surface area contributed by atoms with Crippen LogP contribution < -0.4 is 4.74 Å². The van der Waals surface area contributed by atoms with Crippen molar-refractivity contribution in [3.05, 3.63) is 34.1 Å². The third-order valence-corrected chi connectivity index (χ3v) is 3.75. The quantitative estimate of drug-likeness (QED) is 0.461. The highest BCUT2D eigenvalue weighted by atomic mass is 79.9. The van der Waals surface area contributed by atoms with Crippen molar-refractivity contribution >= 4 is 21.6 Å². The molecule has 0 fully saturated rings. The van der Waals surface area contributed by atoms with Crippen molar-refractivity contribution in [1.82, 2.24) is 0 Å². The molecule has 6 heteroatoms. The van der Waals surface area contributed by atoms with Gasteiger partial charge in [0.25, 0.3) is 0 Å². The molecule has 1 atom stereocenters. The Balaban J connectivity index is 2.86. The largest absolute Gasteiger partial charge is 0.486 e. The third kappa shape index (κ3) is 4.45. The minimum atomic E-state index is -0.646. The molecule has 1 unspecified atom stereocenters. The zero-order chi connectivity index (χ0) is 14.6. The van der Waals surface area contributed by atoms with Crippen LogP contribution >= 0.6 is 15.9 Å². The van der Waals surface area contributed by atoms with Crippen LogP contribution in [0.1, 0.15) is 20.8 Å². The van der Waals surface area contributed by atoms with Gasteiger partial charge in [0.1, 0.15) is 5.82 Å². The molecule has 0 saturated heterocycles. The van der Waals surface area contributed by atoms with E-state index in [1.807, 2.05) is 0 Å². The van der Waals surface area contributed by atoms with Crippen LogP contribution in [0.25, 0.3) is 0 Å². The van der Waals surface area contributed by atoms with Gasteiger partial charge in [-0.1, -0.05) is 36.7 Å². The summed E-state index contributed by atoms with van der Waals surface area (Å²) in [5.41, 5.74) is -0.333. The van der Waals surface area contributed by atoms with Crippen molar-refractivity contribution in [2.75, 3.05) is 11.9 Å². The molecule has 0 aliphatic carbocycles. The van der Waals surface area contributed by atoms with Crippen LogP contribution in [0.3, 0.4) is 0 Å². The van der Waals surface area contributed by atoms with Crippen molar-refractivity contribution < 1.29 is 14.1 Å². The summed E-state index contributed by atoms with van der Waals surface area (Å²) in [7, 11) is 0. The summed E-state index contributed by atoms with van der Waals surface area (Å²) < 4.78 is 18.5. The molecule has 0 heterocycles. The van der Waals surface area contributed by atoms with E-state index in [4.69, 9.17) is 4.74 Å². The van der Waals surface area contributed by atoms with Crippen LogP contribution in [-0.2, 0) is 0 Å². The Morgan fingerprint density at radius 2 is 2.11 bits per heavy atom. The summed E-state index contributed by atoms with van der Waals surface area (Å²) in [6.45, 7) is 6.55. The van der Waals surface area contributed by atoms with Gasteiger partial charge in [-0.05, 0) is 17.5 Å². The van der Waals surface area contributed by atoms with Crippen LogP contribution in [0.4, 0.5) is 10.1 Å². The number of hydrogen-bond acceptors (Lipinski definition) is 3. The van der Waals surface area contributed by atoms with Gasteiger partial charge in [0.05, 0.1) is 17.6 Å². The Morgan fingerprint density at radius 3 is 2.58 bits per heavy atom. The minimum Gasteiger partial charge on any atom is -0.486 e. The number of benzene rings is 1. The van der Waals surface area contributed by atoms with E-state index in [-0.39, 0.29) is 22.8 Å². The second-order valence-corrected chi connectivity index (χ2v) is 6.04. The first-order chi connectivity index (χ1) is 8.75. The first-order valence-electron chi connectivity index (χ1n) is 5.88. The topological polar surface area (TPSA) is 52.4 Å². The van der Waals surface area contributed by atoms with E-state index in [1.165, 1.54) is 6.07 Å². The molecule has 0 aromatic heterocycles. The van der Waals surface area contributed by atoms with E-state index in [2.05, 4.69) is 36.7 Å². The second-order valence-electron chi connectivity index (χ2n) is 5.40. The highest BCUT2D eigenvalue weighted by Crippen LogP contribution is 2.31. The molecule has 0 bridgehead atoms. The van der Waals surface area contributed by atoms with Gasteiger partial charge >= 0.3 is 5.69 Å². The molecule has 1 aromatic carbocycles. The van der Waals surface area contributed by atoms with E-state index in [0.29, 0.717) is 6.61 Å². The maximum Gasteiger partial charge on any atom is 0.313 e. The second kappa shape index (κ2) is 6.32. The molecule has 4 nitrogen and oxygen atoms in total. The van der Waals surface area contributed by atoms with Crippen LogP contribution in [0.2, 0.25) is 0 Å². The van der Waals surface area contributed by atoms with Crippen molar-refractivity contribution in [3.8, 4) is 5.75 Å². The van der Waals surface area contributed by atoms with E-state index < -0.39 is 10.7 Å². The number of alkyl halides is 1. The molecule has 1 rings (SSSR count). The molecule has 0 aliphatic rings. The Morgan fingerprint density at radius 1 is 1.47 bits per heavy atom. The first-order valence-corrected chi connectivity index (χ1v) is 7.00. The molecule has 106 valence electrons. The average Bonchev–Trinajstić information content (AvgIpc) is 2.29. The number of nitro groups is 1. The fourth-order valence-corrected chi connectivity index (χ4v) is 2.63. The summed E-state index contributed by atoms with van der Waals surface area (Å²) in [5, 5.41) is 11.6. The fraction of sp³-hybridized carbons (Fsp3) is 0.538. The first kappa shape index (κ1) is 15.9. The predicted octanol–water partition coefficient (Wildman–Crippen LogP) is 4.17. The summed E-state index contributed by atoms with van der Waals surface area (Å²) >= 11 is 3.41. The standard InChI is InChI=1S/C13H17BrFNO3/c1-13(2,3)9(7-14)8-19-12-5-4-10(15)6-11(12)16(17)18/h4-6,9H,7-8H2,1-3H3.